The lowest BCUT2D eigenvalue weighted by Crippen LogP contribution is -2.35. The van der Waals surface area contributed by atoms with E-state index in [0.29, 0.717) is 13.2 Å². The number of hydrogen-bond acceptors (Lipinski definition) is 4. The van der Waals surface area contributed by atoms with E-state index in [2.05, 4.69) is 5.32 Å². The first-order valence-corrected chi connectivity index (χ1v) is 8.37. The molecule has 1 heterocycles. The van der Waals surface area contributed by atoms with Gasteiger partial charge in [-0.05, 0) is 25.0 Å². The monoisotopic (exact) mass is 317 g/mol. The molecule has 0 bridgehead atoms. The average Bonchev–Trinajstić information content (AvgIpc) is 2.89. The molecule has 1 aromatic carbocycles. The number of carbonyl (C=O) groups is 1. The number of halogens is 1. The lowest BCUT2D eigenvalue weighted by molar-refractivity contribution is -0.119. The van der Waals surface area contributed by atoms with E-state index in [1.54, 1.807) is 12.1 Å². The van der Waals surface area contributed by atoms with Crippen LogP contribution >= 0.6 is 11.6 Å². The summed E-state index contributed by atoms with van der Waals surface area (Å²) in [6.07, 6.45) is 1.85. The molecule has 2 rings (SSSR count). The molecular formula is C13H16ClNO4S. The van der Waals surface area contributed by atoms with Crippen LogP contribution in [-0.2, 0) is 19.4 Å². The molecule has 1 atom stereocenters. The van der Waals surface area contributed by atoms with Gasteiger partial charge in [-0.1, -0.05) is 23.7 Å². The minimum Gasteiger partial charge on any atom is -0.376 e. The van der Waals surface area contributed by atoms with Crippen molar-refractivity contribution in [1.82, 2.24) is 5.32 Å². The summed E-state index contributed by atoms with van der Waals surface area (Å²) in [5.41, 5.74) is 0. The highest BCUT2D eigenvalue weighted by molar-refractivity contribution is 7.92. The van der Waals surface area contributed by atoms with E-state index in [-0.39, 0.29) is 16.0 Å². The first-order chi connectivity index (χ1) is 9.49. The molecule has 1 unspecified atom stereocenters. The largest absolute Gasteiger partial charge is 0.376 e. The van der Waals surface area contributed by atoms with Crippen molar-refractivity contribution in [2.45, 2.75) is 23.8 Å². The number of sulfone groups is 1. The normalized spacial score (nSPS) is 18.9. The van der Waals surface area contributed by atoms with Crippen molar-refractivity contribution < 1.29 is 17.9 Å². The fraction of sp³-hybridized carbons (Fsp3) is 0.462. The molecule has 0 radical (unpaired) electrons. The van der Waals surface area contributed by atoms with Crippen molar-refractivity contribution >= 4 is 27.3 Å². The van der Waals surface area contributed by atoms with Crippen LogP contribution in [0, 0.1) is 0 Å². The Balaban J connectivity index is 1.94. The maximum absolute atomic E-state index is 12.1. The van der Waals surface area contributed by atoms with Crippen LogP contribution in [0.4, 0.5) is 0 Å². The third-order valence-electron chi connectivity index (χ3n) is 3.04. The van der Waals surface area contributed by atoms with Gasteiger partial charge in [0, 0.05) is 13.2 Å². The quantitative estimate of drug-likeness (QED) is 0.891. The van der Waals surface area contributed by atoms with E-state index in [4.69, 9.17) is 16.3 Å². The number of hydrogen-bond donors (Lipinski definition) is 1. The number of ether oxygens (including phenoxy) is 1. The number of amides is 1. The second-order valence-corrected chi connectivity index (χ2v) is 6.99. The Bertz CT molecular complexity index is 582. The van der Waals surface area contributed by atoms with Crippen molar-refractivity contribution in [3.8, 4) is 0 Å². The van der Waals surface area contributed by atoms with Crippen LogP contribution in [0.25, 0.3) is 0 Å². The Morgan fingerprint density at radius 3 is 2.80 bits per heavy atom. The third kappa shape index (κ3) is 3.94. The number of carbonyl (C=O) groups excluding carboxylic acids is 1. The molecule has 1 N–H and O–H groups in total. The minimum atomic E-state index is -3.72. The van der Waals surface area contributed by atoms with Gasteiger partial charge in [0.05, 0.1) is 16.0 Å². The van der Waals surface area contributed by atoms with Gasteiger partial charge in [0.1, 0.15) is 5.75 Å². The summed E-state index contributed by atoms with van der Waals surface area (Å²) >= 11 is 5.84. The highest BCUT2D eigenvalue weighted by Gasteiger charge is 2.23. The summed E-state index contributed by atoms with van der Waals surface area (Å²) in [4.78, 5) is 11.7. The van der Waals surface area contributed by atoms with Crippen molar-refractivity contribution in [2.75, 3.05) is 18.9 Å². The Labute approximate surface area is 123 Å². The molecule has 1 aliphatic rings. The summed E-state index contributed by atoms with van der Waals surface area (Å²) in [6, 6.07) is 6.09. The summed E-state index contributed by atoms with van der Waals surface area (Å²) in [6.45, 7) is 1.04. The first kappa shape index (κ1) is 15.3. The molecule has 20 heavy (non-hydrogen) atoms. The fourth-order valence-electron chi connectivity index (χ4n) is 2.03. The second-order valence-electron chi connectivity index (χ2n) is 4.63. The molecule has 0 aliphatic carbocycles. The third-order valence-corrected chi connectivity index (χ3v) is 5.15. The molecule has 1 fully saturated rings. The van der Waals surface area contributed by atoms with Crippen molar-refractivity contribution in [3.05, 3.63) is 29.3 Å². The predicted octanol–water partition coefficient (Wildman–Crippen LogP) is 1.41. The number of nitrogens with one attached hydrogen (secondary N) is 1. The van der Waals surface area contributed by atoms with Gasteiger partial charge >= 0.3 is 0 Å². The molecule has 110 valence electrons. The van der Waals surface area contributed by atoms with Crippen LogP contribution in [0.5, 0.6) is 0 Å². The van der Waals surface area contributed by atoms with E-state index in [9.17, 15) is 13.2 Å². The van der Waals surface area contributed by atoms with E-state index in [0.717, 1.165) is 12.8 Å². The number of rotatable bonds is 5. The maximum atomic E-state index is 12.1. The van der Waals surface area contributed by atoms with Gasteiger partial charge in [0.2, 0.25) is 5.91 Å². The minimum absolute atomic E-state index is 0.0121. The van der Waals surface area contributed by atoms with E-state index >= 15 is 0 Å². The number of benzene rings is 1. The molecule has 1 amide bonds. The van der Waals surface area contributed by atoms with Crippen LogP contribution in [0.2, 0.25) is 5.02 Å². The highest BCUT2D eigenvalue weighted by atomic mass is 35.5. The molecule has 1 aromatic rings. The van der Waals surface area contributed by atoms with Gasteiger partial charge in [0.15, 0.2) is 9.84 Å². The molecular weight excluding hydrogens is 302 g/mol. The maximum Gasteiger partial charge on any atom is 0.235 e. The smallest absolute Gasteiger partial charge is 0.235 e. The van der Waals surface area contributed by atoms with E-state index in [1.165, 1.54) is 12.1 Å². The predicted molar refractivity (Wildman–Crippen MR) is 75.5 cm³/mol. The summed E-state index contributed by atoms with van der Waals surface area (Å²) in [5, 5.41) is 2.71. The topological polar surface area (TPSA) is 72.5 Å². The first-order valence-electron chi connectivity index (χ1n) is 6.34. The molecule has 7 heteroatoms. The molecule has 1 saturated heterocycles. The Hall–Kier alpha value is -1.11. The van der Waals surface area contributed by atoms with Crippen LogP contribution in [-0.4, -0.2) is 39.3 Å². The van der Waals surface area contributed by atoms with E-state index < -0.39 is 21.5 Å². The van der Waals surface area contributed by atoms with Gasteiger partial charge in [-0.3, -0.25) is 4.79 Å². The second kappa shape index (κ2) is 6.56. The molecule has 0 aromatic heterocycles. The van der Waals surface area contributed by atoms with Crippen LogP contribution in [0.1, 0.15) is 12.8 Å². The van der Waals surface area contributed by atoms with Crippen molar-refractivity contribution in [2.24, 2.45) is 0 Å². The Kier molecular flexibility index (Phi) is 5.01. The van der Waals surface area contributed by atoms with Crippen molar-refractivity contribution in [1.29, 1.82) is 0 Å². The molecule has 0 saturated carbocycles. The zero-order valence-corrected chi connectivity index (χ0v) is 12.4. The highest BCUT2D eigenvalue weighted by Crippen LogP contribution is 2.21. The van der Waals surface area contributed by atoms with Crippen LogP contribution in [0.3, 0.4) is 0 Å². The lowest BCUT2D eigenvalue weighted by atomic mass is 10.2. The zero-order valence-electron chi connectivity index (χ0n) is 10.8. The standard InChI is InChI=1S/C13H16ClNO4S/c14-11-5-1-2-6-12(11)20(17,18)9-13(16)15-8-10-4-3-7-19-10/h1-2,5-6,10H,3-4,7-9H2,(H,15,16). The van der Waals surface area contributed by atoms with Gasteiger partial charge in [-0.2, -0.15) is 0 Å². The van der Waals surface area contributed by atoms with E-state index in [1.807, 2.05) is 0 Å². The lowest BCUT2D eigenvalue weighted by Gasteiger charge is -2.11. The summed E-state index contributed by atoms with van der Waals surface area (Å²) in [5.74, 6) is -1.15. The Morgan fingerprint density at radius 1 is 1.40 bits per heavy atom. The Morgan fingerprint density at radius 2 is 2.15 bits per heavy atom. The fourth-order valence-corrected chi connectivity index (χ4v) is 3.77. The molecule has 5 nitrogen and oxygen atoms in total. The molecule has 0 spiro atoms. The van der Waals surface area contributed by atoms with Crippen LogP contribution < -0.4 is 5.32 Å². The van der Waals surface area contributed by atoms with Gasteiger partial charge in [0.25, 0.3) is 0 Å². The molecule has 1 aliphatic heterocycles. The SMILES string of the molecule is O=C(CS(=O)(=O)c1ccccc1Cl)NCC1CCCO1. The van der Waals surface area contributed by atoms with Crippen LogP contribution in [0.15, 0.2) is 29.2 Å². The van der Waals surface area contributed by atoms with Crippen molar-refractivity contribution in [3.63, 3.8) is 0 Å². The average molecular weight is 318 g/mol. The van der Waals surface area contributed by atoms with Gasteiger partial charge in [-0.25, -0.2) is 8.42 Å². The zero-order chi connectivity index (χ0) is 14.6. The summed E-state index contributed by atoms with van der Waals surface area (Å²) < 4.78 is 29.5. The van der Waals surface area contributed by atoms with Gasteiger partial charge in [-0.15, -0.1) is 0 Å². The summed E-state index contributed by atoms with van der Waals surface area (Å²) in [7, 11) is -3.72. The van der Waals surface area contributed by atoms with Gasteiger partial charge < -0.3 is 10.1 Å².